The Labute approximate surface area is 313 Å². The first kappa shape index (κ1) is 46.5. The van der Waals surface area contributed by atoms with Crippen LogP contribution < -0.4 is 0 Å². The Morgan fingerprint density at radius 3 is 0.367 bits per heavy atom. The summed E-state index contributed by atoms with van der Waals surface area (Å²) in [5, 5.41) is 0. The molecular weight excluding hydrogens is 643 g/mol. The van der Waals surface area contributed by atoms with Gasteiger partial charge in [-0.05, 0) is 77.0 Å². The molecule has 271 valence electrons. The molecule has 6 fully saturated rings. The molecule has 0 spiro atoms. The molecule has 7 heteroatoms. The van der Waals surface area contributed by atoms with Crippen molar-refractivity contribution in [2.45, 2.75) is 229 Å². The second-order valence-corrected chi connectivity index (χ2v) is 14.5. The van der Waals surface area contributed by atoms with Crippen LogP contribution in [0.4, 0.5) is 0 Å². The van der Waals surface area contributed by atoms with Crippen molar-refractivity contribution in [3.63, 3.8) is 0 Å². The average Bonchev–Trinajstić information content (AvgIpc) is 3.21. The molecule has 6 aliphatic carbocycles. The Morgan fingerprint density at radius 1 is 0.204 bits per heavy atom. The second-order valence-electron chi connectivity index (χ2n) is 14.5. The Morgan fingerprint density at radius 2 is 0.306 bits per heavy atom. The zero-order valence-corrected chi connectivity index (χ0v) is 31.9. The summed E-state index contributed by atoms with van der Waals surface area (Å²) in [6.07, 6.45) is 37.4. The van der Waals surface area contributed by atoms with Gasteiger partial charge in [-0.2, -0.15) is 0 Å². The smallest absolute Gasteiger partial charge is 0.223 e. The second kappa shape index (κ2) is 33.9. The van der Waals surface area contributed by atoms with Gasteiger partial charge in [0.05, 0.1) is 0 Å². The van der Waals surface area contributed by atoms with E-state index < -0.39 is 0 Å². The summed E-state index contributed by atoms with van der Waals surface area (Å²) in [5.74, 6) is 0. The summed E-state index contributed by atoms with van der Waals surface area (Å²) in [6, 6.07) is 2.27. The minimum absolute atomic E-state index is 0. The average molecular weight is 710 g/mol. The molecule has 0 N–H and O–H groups in total. The SMILES string of the molecule is [C-]#[N+]C1CCCCC1.[C-]#[N+]C1CCCCC1.[C-]#[N+]C1CCCCC1.[C-]#[N+]C1CCCCC1.[C-]#[N+]C1CCCCC1.[C-]#[N+]C1CCCCC1.[Mn]. The van der Waals surface area contributed by atoms with E-state index in [0.29, 0.717) is 36.3 Å². The van der Waals surface area contributed by atoms with Gasteiger partial charge in [0.2, 0.25) is 36.3 Å². The van der Waals surface area contributed by atoms with E-state index in [4.69, 9.17) is 39.4 Å². The minimum atomic E-state index is 0. The summed E-state index contributed by atoms with van der Waals surface area (Å²) in [7, 11) is 0. The summed E-state index contributed by atoms with van der Waals surface area (Å²) >= 11 is 0. The van der Waals surface area contributed by atoms with E-state index in [1.807, 2.05) is 0 Å². The van der Waals surface area contributed by atoms with Crippen molar-refractivity contribution in [2.75, 3.05) is 0 Å². The van der Waals surface area contributed by atoms with Crippen LogP contribution in [-0.2, 0) is 17.1 Å². The van der Waals surface area contributed by atoms with Gasteiger partial charge >= 0.3 is 0 Å². The third kappa shape index (κ3) is 26.0. The molecule has 6 rings (SSSR count). The zero-order valence-electron chi connectivity index (χ0n) is 30.7. The molecule has 0 aromatic rings. The van der Waals surface area contributed by atoms with E-state index in [-0.39, 0.29) is 17.1 Å². The maximum Gasteiger partial charge on any atom is 0.223 e. The van der Waals surface area contributed by atoms with Gasteiger partial charge in [0.25, 0.3) is 0 Å². The van der Waals surface area contributed by atoms with Crippen LogP contribution in [0.5, 0.6) is 0 Å². The molecule has 6 saturated carbocycles. The largest absolute Gasteiger partial charge is 0.314 e. The maximum absolute atomic E-state index is 6.72. The molecular formula is C42H66MnN6. The number of hydrogen-bond donors (Lipinski definition) is 0. The first-order valence-corrected chi connectivity index (χ1v) is 19.8. The van der Waals surface area contributed by atoms with E-state index in [1.165, 1.54) is 116 Å². The molecule has 6 aliphatic rings. The van der Waals surface area contributed by atoms with E-state index in [2.05, 4.69) is 29.1 Å². The van der Waals surface area contributed by atoms with Crippen molar-refractivity contribution in [3.05, 3.63) is 68.5 Å². The van der Waals surface area contributed by atoms with Crippen molar-refractivity contribution in [3.8, 4) is 0 Å². The summed E-state index contributed by atoms with van der Waals surface area (Å²) < 4.78 is 0. The number of rotatable bonds is 0. The van der Waals surface area contributed by atoms with E-state index in [9.17, 15) is 0 Å². The van der Waals surface area contributed by atoms with Crippen molar-refractivity contribution in [2.24, 2.45) is 0 Å². The van der Waals surface area contributed by atoms with Crippen molar-refractivity contribution >= 4 is 0 Å². The first-order valence-electron chi connectivity index (χ1n) is 19.8. The van der Waals surface area contributed by atoms with Crippen molar-refractivity contribution < 1.29 is 17.1 Å². The maximum atomic E-state index is 6.72. The molecule has 0 bridgehead atoms. The Bertz CT molecular complexity index is 797. The number of hydrogen-bond acceptors (Lipinski definition) is 0. The fraction of sp³-hybridized carbons (Fsp3) is 0.857. The van der Waals surface area contributed by atoms with Gasteiger partial charge in [0.1, 0.15) is 0 Å². The van der Waals surface area contributed by atoms with Gasteiger partial charge in [-0.3, -0.25) is 0 Å². The van der Waals surface area contributed by atoms with Crippen LogP contribution in [-0.4, -0.2) is 36.3 Å². The predicted molar refractivity (Wildman–Crippen MR) is 201 cm³/mol. The topological polar surface area (TPSA) is 26.2 Å². The Kier molecular flexibility index (Phi) is 32.2. The van der Waals surface area contributed by atoms with Crippen LogP contribution in [0.3, 0.4) is 0 Å². The molecule has 1 radical (unpaired) electrons. The standard InChI is InChI=1S/6C7H11N.Mn/c6*1-8-7-5-3-2-4-6-7;/h6*7H,2-6H2;. The molecule has 0 aromatic carbocycles. The fourth-order valence-electron chi connectivity index (χ4n) is 7.26. The van der Waals surface area contributed by atoms with Crippen molar-refractivity contribution in [1.29, 1.82) is 0 Å². The summed E-state index contributed by atoms with van der Waals surface area (Å²) in [6.45, 7) is 40.3. The molecule has 6 nitrogen and oxygen atoms in total. The quantitative estimate of drug-likeness (QED) is 0.177. The molecule has 0 aliphatic heterocycles. The van der Waals surface area contributed by atoms with Crippen LogP contribution in [0.2, 0.25) is 0 Å². The Hall–Kier alpha value is -2.54. The monoisotopic (exact) mass is 709 g/mol. The van der Waals surface area contributed by atoms with Gasteiger partial charge in [-0.25, -0.2) is 39.4 Å². The third-order valence-corrected chi connectivity index (χ3v) is 10.5. The van der Waals surface area contributed by atoms with Gasteiger partial charge < -0.3 is 29.1 Å². The van der Waals surface area contributed by atoms with Crippen LogP contribution in [0.1, 0.15) is 193 Å². The van der Waals surface area contributed by atoms with Crippen LogP contribution in [0, 0.1) is 39.4 Å². The molecule has 49 heavy (non-hydrogen) atoms. The molecule has 0 aromatic heterocycles. The van der Waals surface area contributed by atoms with E-state index >= 15 is 0 Å². The van der Waals surface area contributed by atoms with Gasteiger partial charge in [-0.1, -0.05) is 38.5 Å². The van der Waals surface area contributed by atoms with Gasteiger partial charge in [-0.15, -0.1) is 0 Å². The molecule has 0 atom stereocenters. The number of nitrogens with zero attached hydrogens (tertiary/aromatic N) is 6. The molecule has 0 amide bonds. The summed E-state index contributed by atoms with van der Waals surface area (Å²) in [5.41, 5.74) is 0. The van der Waals surface area contributed by atoms with Crippen LogP contribution in [0.25, 0.3) is 29.1 Å². The Balaban J connectivity index is 0.000000562. The third-order valence-electron chi connectivity index (χ3n) is 10.5. The predicted octanol–water partition coefficient (Wildman–Crippen LogP) is 13.4. The fourth-order valence-corrected chi connectivity index (χ4v) is 7.26. The summed E-state index contributed by atoms with van der Waals surface area (Å²) in [4.78, 5) is 21.0. The first-order chi connectivity index (χ1) is 23.6. The van der Waals surface area contributed by atoms with E-state index in [0.717, 1.165) is 77.0 Å². The van der Waals surface area contributed by atoms with E-state index in [1.54, 1.807) is 0 Å². The van der Waals surface area contributed by atoms with Gasteiger partial charge in [0, 0.05) is 94.1 Å². The van der Waals surface area contributed by atoms with Crippen LogP contribution >= 0.6 is 0 Å². The van der Waals surface area contributed by atoms with Crippen molar-refractivity contribution in [1.82, 2.24) is 0 Å². The molecule has 0 unspecified atom stereocenters. The molecule has 0 saturated heterocycles. The minimum Gasteiger partial charge on any atom is -0.314 e. The normalized spacial score (nSPS) is 21.9. The molecule has 0 heterocycles. The zero-order chi connectivity index (χ0) is 34.9. The van der Waals surface area contributed by atoms with Gasteiger partial charge in [0.15, 0.2) is 0 Å². The van der Waals surface area contributed by atoms with Crippen LogP contribution in [0.15, 0.2) is 0 Å².